The second-order valence-corrected chi connectivity index (χ2v) is 7.08. The zero-order valence-electron chi connectivity index (χ0n) is 13.4. The lowest BCUT2D eigenvalue weighted by Gasteiger charge is -2.21. The van der Waals surface area contributed by atoms with E-state index in [1.165, 1.54) is 4.88 Å². The summed E-state index contributed by atoms with van der Waals surface area (Å²) in [5, 5.41) is 10.2. The molecule has 118 valence electrons. The van der Waals surface area contributed by atoms with Crippen molar-refractivity contribution in [1.29, 1.82) is 0 Å². The van der Waals surface area contributed by atoms with Crippen LogP contribution < -0.4 is 16.0 Å². The lowest BCUT2D eigenvalue weighted by molar-refractivity contribution is -0.121. The Morgan fingerprint density at radius 1 is 1.38 bits per heavy atom. The lowest BCUT2D eigenvalue weighted by atomic mass is 10.1. The fraction of sp³-hybridized carbons (Fsp3) is 0.643. The first-order valence-electron chi connectivity index (χ1n) is 6.97. The van der Waals surface area contributed by atoms with E-state index in [0.29, 0.717) is 5.96 Å². The number of guanidine groups is 1. The minimum Gasteiger partial charge on any atom is -0.356 e. The minimum absolute atomic E-state index is 0.0546. The molecular formula is C14H25N5OS. The van der Waals surface area contributed by atoms with E-state index < -0.39 is 0 Å². The summed E-state index contributed by atoms with van der Waals surface area (Å²) in [6, 6.07) is 0. The standard InChI is InChI=1S/C14H25N5OS/c1-10-8-17-12(21-10)6-7-16-13(15-5)18-9-11(20)19-14(2,3)4/h8H,6-7,9H2,1-5H3,(H,19,20)(H2,15,16,18). The third-order valence-electron chi connectivity index (χ3n) is 2.45. The quantitative estimate of drug-likeness (QED) is 0.561. The number of aromatic nitrogens is 1. The highest BCUT2D eigenvalue weighted by molar-refractivity contribution is 7.11. The molecular weight excluding hydrogens is 286 g/mol. The van der Waals surface area contributed by atoms with Gasteiger partial charge in [-0.15, -0.1) is 11.3 Å². The number of hydrogen-bond acceptors (Lipinski definition) is 4. The summed E-state index contributed by atoms with van der Waals surface area (Å²) in [6.45, 7) is 8.83. The average Bonchev–Trinajstić information content (AvgIpc) is 2.77. The summed E-state index contributed by atoms with van der Waals surface area (Å²) < 4.78 is 0. The molecule has 0 unspecified atom stereocenters. The molecule has 1 rings (SSSR count). The van der Waals surface area contributed by atoms with E-state index in [-0.39, 0.29) is 18.0 Å². The first kappa shape index (κ1) is 17.4. The Kier molecular flexibility index (Phi) is 6.61. The molecule has 0 bridgehead atoms. The number of aryl methyl sites for hydroxylation is 1. The van der Waals surface area contributed by atoms with Gasteiger partial charge < -0.3 is 16.0 Å². The van der Waals surface area contributed by atoms with Gasteiger partial charge in [-0.05, 0) is 27.7 Å². The molecule has 0 aliphatic heterocycles. The highest BCUT2D eigenvalue weighted by atomic mass is 32.1. The zero-order chi connectivity index (χ0) is 15.9. The predicted octanol–water partition coefficient (Wildman–Crippen LogP) is 1.07. The van der Waals surface area contributed by atoms with E-state index in [0.717, 1.165) is 18.0 Å². The first-order valence-corrected chi connectivity index (χ1v) is 7.78. The third kappa shape index (κ3) is 7.65. The van der Waals surface area contributed by atoms with Crippen LogP contribution in [-0.2, 0) is 11.2 Å². The number of amides is 1. The van der Waals surface area contributed by atoms with Gasteiger partial charge in [0.25, 0.3) is 0 Å². The monoisotopic (exact) mass is 311 g/mol. The number of rotatable bonds is 5. The van der Waals surface area contributed by atoms with Crippen LogP contribution in [-0.4, -0.2) is 42.5 Å². The molecule has 1 aromatic heterocycles. The highest BCUT2D eigenvalue weighted by Crippen LogP contribution is 2.10. The fourth-order valence-corrected chi connectivity index (χ4v) is 2.44. The Bertz CT molecular complexity index is 490. The topological polar surface area (TPSA) is 78.4 Å². The molecule has 0 aliphatic carbocycles. The lowest BCUT2D eigenvalue weighted by Crippen LogP contribution is -2.48. The fourth-order valence-electron chi connectivity index (χ4n) is 1.65. The number of carbonyl (C=O) groups excluding carboxylic acids is 1. The highest BCUT2D eigenvalue weighted by Gasteiger charge is 2.13. The molecule has 0 spiro atoms. The van der Waals surface area contributed by atoms with Crippen LogP contribution in [0.1, 0.15) is 30.7 Å². The van der Waals surface area contributed by atoms with Crippen molar-refractivity contribution < 1.29 is 4.79 Å². The number of aliphatic imine (C=N–C) groups is 1. The van der Waals surface area contributed by atoms with Gasteiger partial charge >= 0.3 is 0 Å². The van der Waals surface area contributed by atoms with Crippen LogP contribution in [0, 0.1) is 6.92 Å². The maximum Gasteiger partial charge on any atom is 0.239 e. The van der Waals surface area contributed by atoms with E-state index in [2.05, 4.69) is 25.9 Å². The maximum atomic E-state index is 11.7. The van der Waals surface area contributed by atoms with Gasteiger partial charge in [0, 0.05) is 36.6 Å². The Morgan fingerprint density at radius 3 is 2.62 bits per heavy atom. The molecule has 1 aromatic rings. The third-order valence-corrected chi connectivity index (χ3v) is 3.43. The van der Waals surface area contributed by atoms with Gasteiger partial charge in [0.05, 0.1) is 11.6 Å². The summed E-state index contributed by atoms with van der Waals surface area (Å²) in [6.07, 6.45) is 2.72. The van der Waals surface area contributed by atoms with Crippen molar-refractivity contribution in [2.45, 2.75) is 39.7 Å². The van der Waals surface area contributed by atoms with Crippen molar-refractivity contribution in [3.8, 4) is 0 Å². The van der Waals surface area contributed by atoms with Gasteiger partial charge in [-0.2, -0.15) is 0 Å². The molecule has 7 heteroatoms. The normalized spacial score (nSPS) is 12.1. The second kappa shape index (κ2) is 7.97. The second-order valence-electron chi connectivity index (χ2n) is 5.77. The molecule has 0 aromatic carbocycles. The van der Waals surface area contributed by atoms with Crippen molar-refractivity contribution in [1.82, 2.24) is 20.9 Å². The van der Waals surface area contributed by atoms with Crippen LogP contribution in [0.25, 0.3) is 0 Å². The summed E-state index contributed by atoms with van der Waals surface area (Å²) in [5.41, 5.74) is -0.224. The van der Waals surface area contributed by atoms with Crippen molar-refractivity contribution in [3.63, 3.8) is 0 Å². The Balaban J connectivity index is 2.27. The molecule has 1 heterocycles. The molecule has 0 saturated heterocycles. The van der Waals surface area contributed by atoms with Gasteiger partial charge in [-0.25, -0.2) is 4.98 Å². The molecule has 0 fully saturated rings. The average molecular weight is 311 g/mol. The van der Waals surface area contributed by atoms with Crippen LogP contribution in [0.15, 0.2) is 11.2 Å². The van der Waals surface area contributed by atoms with Gasteiger partial charge in [-0.1, -0.05) is 0 Å². The largest absolute Gasteiger partial charge is 0.356 e. The van der Waals surface area contributed by atoms with E-state index in [4.69, 9.17) is 0 Å². The van der Waals surface area contributed by atoms with E-state index in [9.17, 15) is 4.79 Å². The molecule has 0 radical (unpaired) electrons. The number of thiazole rings is 1. The number of hydrogen-bond donors (Lipinski definition) is 3. The van der Waals surface area contributed by atoms with Gasteiger partial charge in [0.1, 0.15) is 0 Å². The molecule has 0 aliphatic rings. The van der Waals surface area contributed by atoms with Crippen LogP contribution in [0.2, 0.25) is 0 Å². The number of nitrogens with zero attached hydrogens (tertiary/aromatic N) is 2. The molecule has 1 amide bonds. The first-order chi connectivity index (χ1) is 9.80. The Labute approximate surface area is 130 Å². The van der Waals surface area contributed by atoms with Crippen molar-refractivity contribution in [3.05, 3.63) is 16.1 Å². The maximum absolute atomic E-state index is 11.7. The Morgan fingerprint density at radius 2 is 2.10 bits per heavy atom. The van der Waals surface area contributed by atoms with E-state index >= 15 is 0 Å². The van der Waals surface area contributed by atoms with E-state index in [1.54, 1.807) is 18.4 Å². The molecule has 21 heavy (non-hydrogen) atoms. The van der Waals surface area contributed by atoms with Crippen molar-refractivity contribution >= 4 is 23.2 Å². The molecule has 0 atom stereocenters. The summed E-state index contributed by atoms with van der Waals surface area (Å²) in [4.78, 5) is 21.3. The molecule has 6 nitrogen and oxygen atoms in total. The minimum atomic E-state index is -0.224. The molecule has 0 saturated carbocycles. The van der Waals surface area contributed by atoms with Crippen LogP contribution in [0.3, 0.4) is 0 Å². The summed E-state index contributed by atoms with van der Waals surface area (Å²) in [7, 11) is 1.69. The summed E-state index contributed by atoms with van der Waals surface area (Å²) in [5.74, 6) is 0.563. The van der Waals surface area contributed by atoms with Crippen LogP contribution in [0.4, 0.5) is 0 Å². The van der Waals surface area contributed by atoms with Gasteiger partial charge in [0.2, 0.25) is 5.91 Å². The number of nitrogens with one attached hydrogen (secondary N) is 3. The SMILES string of the molecule is CN=C(NCCc1ncc(C)s1)NCC(=O)NC(C)(C)C. The molecule has 3 N–H and O–H groups in total. The Hall–Kier alpha value is -1.63. The van der Waals surface area contributed by atoms with Crippen LogP contribution >= 0.6 is 11.3 Å². The van der Waals surface area contributed by atoms with Gasteiger partial charge in [0.15, 0.2) is 5.96 Å². The number of carbonyl (C=O) groups is 1. The van der Waals surface area contributed by atoms with Crippen molar-refractivity contribution in [2.24, 2.45) is 4.99 Å². The van der Waals surface area contributed by atoms with Crippen LogP contribution in [0.5, 0.6) is 0 Å². The van der Waals surface area contributed by atoms with Crippen molar-refractivity contribution in [2.75, 3.05) is 20.1 Å². The van der Waals surface area contributed by atoms with Gasteiger partial charge in [-0.3, -0.25) is 9.79 Å². The predicted molar refractivity (Wildman–Crippen MR) is 87.8 cm³/mol. The summed E-state index contributed by atoms with van der Waals surface area (Å²) >= 11 is 1.70. The smallest absolute Gasteiger partial charge is 0.239 e. The zero-order valence-corrected chi connectivity index (χ0v) is 14.2. The van der Waals surface area contributed by atoms with E-state index in [1.807, 2.05) is 33.9 Å².